The summed E-state index contributed by atoms with van der Waals surface area (Å²) in [7, 11) is 0. The Hall–Kier alpha value is -1.10. The Bertz CT molecular complexity index is 451. The second-order valence-corrected chi connectivity index (χ2v) is 6.88. The third-order valence-electron chi connectivity index (χ3n) is 3.03. The minimum Gasteiger partial charge on any atom is -0.381 e. The van der Waals surface area contributed by atoms with E-state index >= 15 is 0 Å². The number of anilines is 1. The molecule has 0 bridgehead atoms. The van der Waals surface area contributed by atoms with Gasteiger partial charge in [-0.1, -0.05) is 27.7 Å². The van der Waals surface area contributed by atoms with Crippen molar-refractivity contribution in [1.29, 1.82) is 0 Å². The van der Waals surface area contributed by atoms with E-state index in [1.807, 2.05) is 0 Å². The van der Waals surface area contributed by atoms with E-state index in [0.717, 1.165) is 23.0 Å². The largest absolute Gasteiger partial charge is 0.381 e. The minimum absolute atomic E-state index is 0.103. The van der Waals surface area contributed by atoms with Gasteiger partial charge in [-0.25, -0.2) is 0 Å². The van der Waals surface area contributed by atoms with Crippen molar-refractivity contribution in [3.8, 4) is 0 Å². The zero-order valence-corrected chi connectivity index (χ0v) is 14.1. The van der Waals surface area contributed by atoms with Gasteiger partial charge in [-0.15, -0.1) is 0 Å². The summed E-state index contributed by atoms with van der Waals surface area (Å²) < 4.78 is 0.740. The number of non-ortho nitro benzene ring substituents is 1. The van der Waals surface area contributed by atoms with E-state index in [-0.39, 0.29) is 10.6 Å². The molecular formula is C15H23BrN2O2. The van der Waals surface area contributed by atoms with Gasteiger partial charge in [-0.3, -0.25) is 10.1 Å². The molecule has 0 aliphatic rings. The van der Waals surface area contributed by atoms with Gasteiger partial charge in [0.05, 0.1) is 4.92 Å². The molecule has 0 heterocycles. The van der Waals surface area contributed by atoms with Gasteiger partial charge in [-0.2, -0.15) is 0 Å². The summed E-state index contributed by atoms with van der Waals surface area (Å²) in [6, 6.07) is 5.24. The molecular weight excluding hydrogens is 320 g/mol. The first-order chi connectivity index (χ1) is 9.29. The van der Waals surface area contributed by atoms with Crippen molar-refractivity contribution in [3.63, 3.8) is 0 Å². The summed E-state index contributed by atoms with van der Waals surface area (Å²) in [6.07, 6.45) is 2.17. The highest BCUT2D eigenvalue weighted by molar-refractivity contribution is 9.10. The van der Waals surface area contributed by atoms with Crippen LogP contribution in [-0.4, -0.2) is 11.0 Å². The van der Waals surface area contributed by atoms with Crippen molar-refractivity contribution in [2.75, 3.05) is 5.32 Å². The Balaban J connectivity index is 2.84. The Morgan fingerprint density at radius 3 is 2.15 bits per heavy atom. The lowest BCUT2D eigenvalue weighted by atomic mass is 9.95. The van der Waals surface area contributed by atoms with Crippen molar-refractivity contribution >= 4 is 27.3 Å². The highest BCUT2D eigenvalue weighted by atomic mass is 79.9. The van der Waals surface area contributed by atoms with E-state index in [9.17, 15) is 10.1 Å². The first kappa shape index (κ1) is 17.0. The molecule has 0 atom stereocenters. The quantitative estimate of drug-likeness (QED) is 0.545. The van der Waals surface area contributed by atoms with Crippen LogP contribution < -0.4 is 5.32 Å². The monoisotopic (exact) mass is 342 g/mol. The van der Waals surface area contributed by atoms with Gasteiger partial charge in [0.25, 0.3) is 5.69 Å². The molecule has 1 aromatic carbocycles. The number of hydrogen-bond acceptors (Lipinski definition) is 3. The van der Waals surface area contributed by atoms with Crippen molar-refractivity contribution < 1.29 is 4.92 Å². The van der Waals surface area contributed by atoms with Crippen LogP contribution in [0.5, 0.6) is 0 Å². The summed E-state index contributed by atoms with van der Waals surface area (Å²) in [4.78, 5) is 10.4. The lowest BCUT2D eigenvalue weighted by Gasteiger charge is -2.24. The Labute approximate surface area is 129 Å². The van der Waals surface area contributed by atoms with E-state index < -0.39 is 0 Å². The topological polar surface area (TPSA) is 55.2 Å². The van der Waals surface area contributed by atoms with Crippen LogP contribution in [0.25, 0.3) is 0 Å². The Morgan fingerprint density at radius 2 is 1.75 bits per heavy atom. The highest BCUT2D eigenvalue weighted by Crippen LogP contribution is 2.29. The van der Waals surface area contributed by atoms with Crippen LogP contribution in [0.2, 0.25) is 0 Å². The van der Waals surface area contributed by atoms with Gasteiger partial charge >= 0.3 is 0 Å². The molecule has 0 radical (unpaired) electrons. The van der Waals surface area contributed by atoms with E-state index in [1.54, 1.807) is 12.1 Å². The molecule has 1 aromatic rings. The van der Waals surface area contributed by atoms with Gasteiger partial charge < -0.3 is 5.32 Å². The van der Waals surface area contributed by atoms with E-state index in [4.69, 9.17) is 0 Å². The van der Waals surface area contributed by atoms with Crippen molar-refractivity contribution in [3.05, 3.63) is 32.8 Å². The molecule has 0 amide bonds. The Kier molecular flexibility index (Phi) is 6.46. The first-order valence-corrected chi connectivity index (χ1v) is 7.79. The fourth-order valence-electron chi connectivity index (χ4n) is 2.31. The molecule has 0 saturated heterocycles. The van der Waals surface area contributed by atoms with Gasteiger partial charge in [0.15, 0.2) is 0 Å². The zero-order chi connectivity index (χ0) is 15.3. The molecule has 20 heavy (non-hydrogen) atoms. The lowest BCUT2D eigenvalue weighted by molar-refractivity contribution is -0.384. The molecule has 0 spiro atoms. The number of nitro benzene ring substituents is 1. The Morgan fingerprint density at radius 1 is 1.20 bits per heavy atom. The summed E-state index contributed by atoms with van der Waals surface area (Å²) in [5.41, 5.74) is 1.02. The molecule has 0 saturated carbocycles. The summed E-state index contributed by atoms with van der Waals surface area (Å²) in [5, 5.41) is 14.2. The van der Waals surface area contributed by atoms with Gasteiger partial charge in [0.2, 0.25) is 0 Å². The molecule has 1 N–H and O–H groups in total. The fourth-order valence-corrected chi connectivity index (χ4v) is 2.79. The van der Waals surface area contributed by atoms with Crippen LogP contribution in [0.4, 0.5) is 11.4 Å². The number of nitrogens with one attached hydrogen (secondary N) is 1. The first-order valence-electron chi connectivity index (χ1n) is 7.00. The maximum atomic E-state index is 10.7. The molecule has 1 rings (SSSR count). The normalized spacial score (nSPS) is 11.4. The van der Waals surface area contributed by atoms with E-state index in [1.165, 1.54) is 6.07 Å². The predicted molar refractivity (Wildman–Crippen MR) is 87.1 cm³/mol. The number of hydrogen-bond donors (Lipinski definition) is 1. The molecule has 5 heteroatoms. The smallest absolute Gasteiger partial charge is 0.270 e. The van der Waals surface area contributed by atoms with Crippen LogP contribution in [-0.2, 0) is 0 Å². The molecule has 112 valence electrons. The molecule has 0 unspecified atom stereocenters. The SMILES string of the molecule is CC(C)CC(CC(C)C)Nc1ccc([N+](=O)[O-])cc1Br. The maximum absolute atomic E-state index is 10.7. The summed E-state index contributed by atoms with van der Waals surface area (Å²) in [6.45, 7) is 8.83. The lowest BCUT2D eigenvalue weighted by Crippen LogP contribution is -2.23. The van der Waals surface area contributed by atoms with Crippen LogP contribution in [0.1, 0.15) is 40.5 Å². The van der Waals surface area contributed by atoms with E-state index in [2.05, 4.69) is 48.9 Å². The highest BCUT2D eigenvalue weighted by Gasteiger charge is 2.15. The summed E-state index contributed by atoms with van der Waals surface area (Å²) in [5.74, 6) is 1.23. The molecule has 4 nitrogen and oxygen atoms in total. The van der Waals surface area contributed by atoms with Crippen LogP contribution in [0.3, 0.4) is 0 Å². The molecule has 0 fully saturated rings. The number of rotatable bonds is 7. The van der Waals surface area contributed by atoms with Gasteiger partial charge in [-0.05, 0) is 46.7 Å². The van der Waals surface area contributed by atoms with Crippen LogP contribution >= 0.6 is 15.9 Å². The average Bonchev–Trinajstić information content (AvgIpc) is 2.29. The minimum atomic E-state index is -0.381. The maximum Gasteiger partial charge on any atom is 0.270 e. The van der Waals surface area contributed by atoms with Crippen LogP contribution in [0, 0.1) is 22.0 Å². The van der Waals surface area contributed by atoms with Crippen LogP contribution in [0.15, 0.2) is 22.7 Å². The number of benzene rings is 1. The fraction of sp³-hybridized carbons (Fsp3) is 0.600. The summed E-state index contributed by atoms with van der Waals surface area (Å²) >= 11 is 3.41. The standard InChI is InChI=1S/C15H23BrN2O2/c1-10(2)7-12(8-11(3)4)17-15-6-5-13(18(19)20)9-14(15)16/h5-6,9-12,17H,7-8H2,1-4H3. The van der Waals surface area contributed by atoms with Gasteiger partial charge in [0, 0.05) is 28.3 Å². The molecule has 0 aliphatic heterocycles. The average molecular weight is 343 g/mol. The number of nitro groups is 1. The van der Waals surface area contributed by atoms with Crippen molar-refractivity contribution in [1.82, 2.24) is 0 Å². The van der Waals surface area contributed by atoms with Crippen molar-refractivity contribution in [2.45, 2.75) is 46.6 Å². The van der Waals surface area contributed by atoms with Gasteiger partial charge in [0.1, 0.15) is 0 Å². The third-order valence-corrected chi connectivity index (χ3v) is 3.69. The van der Waals surface area contributed by atoms with E-state index in [0.29, 0.717) is 17.9 Å². The molecule has 0 aromatic heterocycles. The predicted octanol–water partition coefficient (Wildman–Crippen LogP) is 5.23. The molecule has 0 aliphatic carbocycles. The van der Waals surface area contributed by atoms with Crippen molar-refractivity contribution in [2.24, 2.45) is 11.8 Å². The third kappa shape index (κ3) is 5.49. The zero-order valence-electron chi connectivity index (χ0n) is 12.5. The second-order valence-electron chi connectivity index (χ2n) is 6.02. The number of halogens is 1. The second kappa shape index (κ2) is 7.62. The number of nitrogens with zero attached hydrogens (tertiary/aromatic N) is 1.